The number of nitrogens with one attached hydrogen (secondary N) is 2. The van der Waals surface area contributed by atoms with Gasteiger partial charge in [0.05, 0.1) is 6.54 Å². The lowest BCUT2D eigenvalue weighted by atomic mass is 9.78. The van der Waals surface area contributed by atoms with E-state index in [0.29, 0.717) is 36.8 Å². The van der Waals surface area contributed by atoms with E-state index >= 15 is 0 Å². The molecule has 1 heterocycles. The van der Waals surface area contributed by atoms with E-state index in [2.05, 4.69) is 29.4 Å². The molecule has 1 aliphatic carbocycles. The van der Waals surface area contributed by atoms with E-state index in [-0.39, 0.29) is 11.8 Å². The van der Waals surface area contributed by atoms with Crippen molar-refractivity contribution in [3.05, 3.63) is 0 Å². The van der Waals surface area contributed by atoms with E-state index in [9.17, 15) is 9.59 Å². The number of nitrogens with zero attached hydrogens (tertiary/aromatic N) is 1. The Morgan fingerprint density at radius 1 is 1.08 bits per heavy atom. The fraction of sp³-hybridized carbons (Fsp3) is 0.900. The van der Waals surface area contributed by atoms with Crippen LogP contribution in [-0.4, -0.2) is 48.9 Å². The molecule has 2 fully saturated rings. The molecule has 1 aliphatic heterocycles. The summed E-state index contributed by atoms with van der Waals surface area (Å²) in [5, 5.41) is 6.32. The number of rotatable bonds is 7. The molecule has 2 aliphatic rings. The highest BCUT2D eigenvalue weighted by Gasteiger charge is 2.29. The molecule has 0 spiro atoms. The average molecular weight is 352 g/mol. The molecule has 0 aromatic heterocycles. The molecule has 2 rings (SSSR count). The maximum atomic E-state index is 12.5. The molecule has 5 heteroatoms. The Balaban J connectivity index is 1.72. The Bertz CT molecular complexity index is 441. The van der Waals surface area contributed by atoms with Crippen LogP contribution in [0.3, 0.4) is 0 Å². The van der Waals surface area contributed by atoms with Crippen LogP contribution in [0.25, 0.3) is 0 Å². The summed E-state index contributed by atoms with van der Waals surface area (Å²) in [6, 6.07) is 0.338. The monoisotopic (exact) mass is 351 g/mol. The van der Waals surface area contributed by atoms with Crippen LogP contribution in [0.1, 0.15) is 65.7 Å². The van der Waals surface area contributed by atoms with Crippen molar-refractivity contribution in [2.24, 2.45) is 17.8 Å². The predicted molar refractivity (Wildman–Crippen MR) is 101 cm³/mol. The highest BCUT2D eigenvalue weighted by atomic mass is 16.2. The Hall–Kier alpha value is -1.10. The second-order valence-electron chi connectivity index (χ2n) is 8.24. The molecule has 0 radical (unpaired) electrons. The molecule has 0 aromatic rings. The van der Waals surface area contributed by atoms with E-state index in [0.717, 1.165) is 45.3 Å². The van der Waals surface area contributed by atoms with Gasteiger partial charge in [-0.15, -0.1) is 0 Å². The van der Waals surface area contributed by atoms with Crippen LogP contribution in [0.2, 0.25) is 0 Å². The highest BCUT2D eigenvalue weighted by Crippen LogP contribution is 2.29. The van der Waals surface area contributed by atoms with Crippen molar-refractivity contribution in [3.63, 3.8) is 0 Å². The zero-order valence-electron chi connectivity index (χ0n) is 16.4. The number of piperidine rings is 1. The van der Waals surface area contributed by atoms with Gasteiger partial charge in [-0.2, -0.15) is 0 Å². The average Bonchev–Trinajstić information content (AvgIpc) is 2.58. The van der Waals surface area contributed by atoms with Crippen molar-refractivity contribution >= 4 is 11.8 Å². The van der Waals surface area contributed by atoms with Gasteiger partial charge in [0.15, 0.2) is 0 Å². The normalized spacial score (nSPS) is 30.7. The summed E-state index contributed by atoms with van der Waals surface area (Å²) in [5.41, 5.74) is 0. The lowest BCUT2D eigenvalue weighted by Gasteiger charge is -2.36. The van der Waals surface area contributed by atoms with E-state index in [4.69, 9.17) is 0 Å². The third-order valence-corrected chi connectivity index (χ3v) is 6.09. The largest absolute Gasteiger partial charge is 0.356 e. The predicted octanol–water partition coefficient (Wildman–Crippen LogP) is 2.56. The Morgan fingerprint density at radius 3 is 2.64 bits per heavy atom. The molecule has 4 atom stereocenters. The van der Waals surface area contributed by atoms with Crippen LogP contribution in [0.4, 0.5) is 0 Å². The molecular formula is C20H37N3O2. The number of hydrogen-bond acceptors (Lipinski definition) is 3. The minimum absolute atomic E-state index is 0.151. The quantitative estimate of drug-likeness (QED) is 0.741. The van der Waals surface area contributed by atoms with Crippen LogP contribution in [0.5, 0.6) is 0 Å². The molecule has 0 bridgehead atoms. The van der Waals surface area contributed by atoms with Crippen LogP contribution < -0.4 is 10.6 Å². The van der Waals surface area contributed by atoms with Crippen molar-refractivity contribution in [1.82, 2.24) is 15.5 Å². The highest BCUT2D eigenvalue weighted by molar-refractivity contribution is 5.78. The van der Waals surface area contributed by atoms with Crippen molar-refractivity contribution < 1.29 is 9.59 Å². The summed E-state index contributed by atoms with van der Waals surface area (Å²) in [6.07, 6.45) is 7.37. The van der Waals surface area contributed by atoms with Gasteiger partial charge >= 0.3 is 0 Å². The van der Waals surface area contributed by atoms with Gasteiger partial charge in [-0.1, -0.05) is 33.6 Å². The van der Waals surface area contributed by atoms with Gasteiger partial charge in [0, 0.05) is 25.6 Å². The fourth-order valence-corrected chi connectivity index (χ4v) is 4.28. The lowest BCUT2D eigenvalue weighted by molar-refractivity contribution is -0.124. The number of amides is 2. The molecule has 5 nitrogen and oxygen atoms in total. The molecule has 144 valence electrons. The van der Waals surface area contributed by atoms with Crippen molar-refractivity contribution in [2.45, 2.75) is 71.8 Å². The topological polar surface area (TPSA) is 61.4 Å². The van der Waals surface area contributed by atoms with E-state index < -0.39 is 0 Å². The maximum absolute atomic E-state index is 12.5. The standard InChI is InChI=1S/C20H37N3O2/c1-4-7-19(24)21-12-17-9-6-11-23(13-17)14-20(25)22-18-10-5-8-15(2)16(18)3/h15-18H,4-14H2,1-3H3,(H,21,24)(H,22,25). The molecule has 1 saturated heterocycles. The molecule has 25 heavy (non-hydrogen) atoms. The van der Waals surface area contributed by atoms with Gasteiger partial charge in [-0.3, -0.25) is 14.5 Å². The minimum Gasteiger partial charge on any atom is -0.356 e. The van der Waals surface area contributed by atoms with Gasteiger partial charge in [-0.25, -0.2) is 0 Å². The number of carbonyl (C=O) groups is 2. The fourth-order valence-electron chi connectivity index (χ4n) is 4.28. The first-order valence-corrected chi connectivity index (χ1v) is 10.3. The molecule has 1 saturated carbocycles. The number of carbonyl (C=O) groups excluding carboxylic acids is 2. The zero-order valence-corrected chi connectivity index (χ0v) is 16.4. The van der Waals surface area contributed by atoms with E-state index in [1.165, 1.54) is 12.8 Å². The summed E-state index contributed by atoms with van der Waals surface area (Å²) in [4.78, 5) is 26.4. The van der Waals surface area contributed by atoms with Crippen molar-refractivity contribution in [2.75, 3.05) is 26.2 Å². The van der Waals surface area contributed by atoms with Crippen LogP contribution in [-0.2, 0) is 9.59 Å². The summed E-state index contributed by atoms with van der Waals surface area (Å²) in [7, 11) is 0. The van der Waals surface area contributed by atoms with E-state index in [1.54, 1.807) is 0 Å². The SMILES string of the molecule is CCCC(=O)NCC1CCCN(CC(=O)NC2CCCC(C)C2C)C1. The Labute approximate surface area is 153 Å². The first kappa shape index (κ1) is 20.2. The van der Waals surface area contributed by atoms with Crippen molar-refractivity contribution in [1.29, 1.82) is 0 Å². The summed E-state index contributed by atoms with van der Waals surface area (Å²) in [6.45, 7) is 9.73. The molecule has 2 amide bonds. The zero-order chi connectivity index (χ0) is 18.2. The van der Waals surface area contributed by atoms with Gasteiger partial charge in [0.2, 0.25) is 11.8 Å². The Morgan fingerprint density at radius 2 is 1.88 bits per heavy atom. The maximum Gasteiger partial charge on any atom is 0.234 e. The second-order valence-corrected chi connectivity index (χ2v) is 8.24. The molecule has 2 N–H and O–H groups in total. The lowest BCUT2D eigenvalue weighted by Crippen LogP contribution is -2.49. The smallest absolute Gasteiger partial charge is 0.234 e. The molecular weight excluding hydrogens is 314 g/mol. The van der Waals surface area contributed by atoms with Gasteiger partial charge in [0.1, 0.15) is 0 Å². The van der Waals surface area contributed by atoms with Gasteiger partial charge in [0.25, 0.3) is 0 Å². The summed E-state index contributed by atoms with van der Waals surface area (Å²) in [5.74, 6) is 2.06. The summed E-state index contributed by atoms with van der Waals surface area (Å²) >= 11 is 0. The first-order chi connectivity index (χ1) is 12.0. The summed E-state index contributed by atoms with van der Waals surface area (Å²) < 4.78 is 0. The number of likely N-dealkylation sites (tertiary alicyclic amines) is 1. The van der Waals surface area contributed by atoms with Crippen LogP contribution in [0, 0.1) is 17.8 Å². The van der Waals surface area contributed by atoms with Crippen LogP contribution >= 0.6 is 0 Å². The van der Waals surface area contributed by atoms with Gasteiger partial charge in [-0.05, 0) is 50.0 Å². The third kappa shape index (κ3) is 6.61. The third-order valence-electron chi connectivity index (χ3n) is 6.09. The second kappa shape index (κ2) is 10.1. The Kier molecular flexibility index (Phi) is 8.20. The number of hydrogen-bond donors (Lipinski definition) is 2. The van der Waals surface area contributed by atoms with Crippen LogP contribution in [0.15, 0.2) is 0 Å². The van der Waals surface area contributed by atoms with E-state index in [1.807, 2.05) is 6.92 Å². The molecule has 4 unspecified atom stereocenters. The minimum atomic E-state index is 0.151. The molecule has 0 aromatic carbocycles. The van der Waals surface area contributed by atoms with Crippen molar-refractivity contribution in [3.8, 4) is 0 Å². The first-order valence-electron chi connectivity index (χ1n) is 10.3. The van der Waals surface area contributed by atoms with Gasteiger partial charge < -0.3 is 10.6 Å².